The van der Waals surface area contributed by atoms with Gasteiger partial charge >= 0.3 is 0 Å². The van der Waals surface area contributed by atoms with Crippen molar-refractivity contribution in [3.63, 3.8) is 0 Å². The Morgan fingerprint density at radius 1 is 1.06 bits per heavy atom. The Bertz CT molecular complexity index is 1140. The monoisotopic (exact) mass is 489 g/mol. The molecule has 2 amide bonds. The summed E-state index contributed by atoms with van der Waals surface area (Å²) in [5, 5.41) is 2.75. The van der Waals surface area contributed by atoms with Crippen LogP contribution in [-0.4, -0.2) is 67.8 Å². The van der Waals surface area contributed by atoms with Gasteiger partial charge in [0, 0.05) is 44.4 Å². The third kappa shape index (κ3) is 5.18. The van der Waals surface area contributed by atoms with E-state index in [2.05, 4.69) is 5.32 Å². The van der Waals surface area contributed by atoms with E-state index in [1.54, 1.807) is 36.1 Å². The van der Waals surface area contributed by atoms with Crippen LogP contribution in [0.15, 0.2) is 39.6 Å². The summed E-state index contributed by atoms with van der Waals surface area (Å²) in [5.41, 5.74) is 1.39. The number of sulfonamides is 1. The normalized spacial score (nSPS) is 21.6. The van der Waals surface area contributed by atoms with E-state index < -0.39 is 15.9 Å². The predicted octanol–water partition coefficient (Wildman–Crippen LogP) is 2.55. The number of aryl methyl sites for hydroxylation is 1. The topological polar surface area (TPSA) is 109 Å². The number of furan rings is 1. The van der Waals surface area contributed by atoms with E-state index in [-0.39, 0.29) is 41.1 Å². The number of carbonyl (C=O) groups is 2. The zero-order chi connectivity index (χ0) is 24.5. The molecule has 10 heteroatoms. The number of nitrogens with zero attached hydrogens (tertiary/aromatic N) is 2. The minimum absolute atomic E-state index is 0.00159. The molecule has 2 fully saturated rings. The van der Waals surface area contributed by atoms with E-state index in [4.69, 9.17) is 9.15 Å². The second-order valence-corrected chi connectivity index (χ2v) is 10.9. The molecule has 4 rings (SSSR count). The first-order valence-electron chi connectivity index (χ1n) is 11.6. The van der Waals surface area contributed by atoms with Gasteiger partial charge in [-0.1, -0.05) is 12.1 Å². The van der Waals surface area contributed by atoms with E-state index in [0.29, 0.717) is 31.7 Å². The Kier molecular flexibility index (Phi) is 7.11. The molecule has 0 saturated carbocycles. The van der Waals surface area contributed by atoms with Gasteiger partial charge in [0.05, 0.1) is 12.2 Å². The van der Waals surface area contributed by atoms with Gasteiger partial charge in [-0.3, -0.25) is 9.59 Å². The molecule has 2 aromatic rings. The van der Waals surface area contributed by atoms with E-state index in [1.807, 2.05) is 13.8 Å². The largest absolute Gasteiger partial charge is 0.455 e. The van der Waals surface area contributed by atoms with Crippen molar-refractivity contribution < 1.29 is 27.2 Å². The first-order chi connectivity index (χ1) is 16.1. The Hall–Kier alpha value is -2.69. The molecule has 1 aromatic carbocycles. The lowest BCUT2D eigenvalue weighted by Gasteiger charge is -2.35. The summed E-state index contributed by atoms with van der Waals surface area (Å²) >= 11 is 0. The van der Waals surface area contributed by atoms with Crippen LogP contribution in [0.25, 0.3) is 0 Å². The van der Waals surface area contributed by atoms with Crippen molar-refractivity contribution >= 4 is 21.8 Å². The maximum atomic E-state index is 12.8. The highest BCUT2D eigenvalue weighted by Gasteiger charge is 2.32. The summed E-state index contributed by atoms with van der Waals surface area (Å²) in [7, 11) is -3.66. The summed E-state index contributed by atoms with van der Waals surface area (Å²) in [6.07, 6.45) is 1.66. The van der Waals surface area contributed by atoms with Crippen LogP contribution in [-0.2, 0) is 21.3 Å². The summed E-state index contributed by atoms with van der Waals surface area (Å²) in [4.78, 5) is 27.2. The van der Waals surface area contributed by atoms with E-state index >= 15 is 0 Å². The van der Waals surface area contributed by atoms with Gasteiger partial charge < -0.3 is 19.4 Å². The molecule has 184 valence electrons. The second-order valence-electron chi connectivity index (χ2n) is 8.99. The van der Waals surface area contributed by atoms with Gasteiger partial charge in [-0.25, -0.2) is 8.42 Å². The van der Waals surface area contributed by atoms with Crippen LogP contribution < -0.4 is 5.32 Å². The summed E-state index contributed by atoms with van der Waals surface area (Å²) < 4.78 is 38.2. The molecule has 2 aliphatic heterocycles. The van der Waals surface area contributed by atoms with Crippen molar-refractivity contribution in [3.05, 3.63) is 53.0 Å². The zero-order valence-electron chi connectivity index (χ0n) is 19.7. The molecule has 1 N–H and O–H groups in total. The Morgan fingerprint density at radius 2 is 1.68 bits per heavy atom. The molecular weight excluding hydrogens is 458 g/mol. The highest BCUT2D eigenvalue weighted by atomic mass is 32.2. The second kappa shape index (κ2) is 9.89. The standard InChI is InChI=1S/C24H31N3O6S/c1-16-14-26(15-17(2)32-16)24(29)20-8-6-19(7-9-20)13-25-23(28)21-12-22(18(3)33-21)34(30,31)27-10-4-5-11-27/h6-9,12,16-17H,4-5,10-11,13-15H2,1-3H3,(H,25,28). The Morgan fingerprint density at radius 3 is 2.29 bits per heavy atom. The number of amides is 2. The molecular formula is C24H31N3O6S. The third-order valence-electron chi connectivity index (χ3n) is 6.14. The summed E-state index contributed by atoms with van der Waals surface area (Å²) in [5.74, 6) is -0.387. The highest BCUT2D eigenvalue weighted by molar-refractivity contribution is 7.89. The highest BCUT2D eigenvalue weighted by Crippen LogP contribution is 2.26. The van der Waals surface area contributed by atoms with E-state index in [1.165, 1.54) is 10.4 Å². The van der Waals surface area contributed by atoms with Crippen LogP contribution in [0.1, 0.15) is 58.9 Å². The number of nitrogens with one attached hydrogen (secondary N) is 1. The third-order valence-corrected chi connectivity index (χ3v) is 8.15. The fourth-order valence-corrected chi connectivity index (χ4v) is 6.14. The molecule has 34 heavy (non-hydrogen) atoms. The molecule has 0 radical (unpaired) electrons. The molecule has 2 unspecified atom stereocenters. The molecule has 2 atom stereocenters. The molecule has 1 aromatic heterocycles. The van der Waals surface area contributed by atoms with Crippen LogP contribution in [0.3, 0.4) is 0 Å². The number of hydrogen-bond donors (Lipinski definition) is 1. The summed E-state index contributed by atoms with van der Waals surface area (Å²) in [6, 6.07) is 8.36. The van der Waals surface area contributed by atoms with Crippen molar-refractivity contribution in [2.45, 2.75) is 57.3 Å². The average Bonchev–Trinajstić information content (AvgIpc) is 3.47. The molecule has 0 bridgehead atoms. The van der Waals surface area contributed by atoms with Crippen LogP contribution >= 0.6 is 0 Å². The lowest BCUT2D eigenvalue weighted by molar-refractivity contribution is -0.0586. The van der Waals surface area contributed by atoms with Crippen LogP contribution in [0.5, 0.6) is 0 Å². The number of morpholine rings is 1. The molecule has 3 heterocycles. The Balaban J connectivity index is 1.37. The first kappa shape index (κ1) is 24.4. The first-order valence-corrected chi connectivity index (χ1v) is 13.0. The van der Waals surface area contributed by atoms with Crippen LogP contribution in [0, 0.1) is 6.92 Å². The number of ether oxygens (including phenoxy) is 1. The van der Waals surface area contributed by atoms with Gasteiger partial charge in [-0.05, 0) is 51.3 Å². The van der Waals surface area contributed by atoms with Gasteiger partial charge in [0.2, 0.25) is 10.0 Å². The predicted molar refractivity (Wildman–Crippen MR) is 125 cm³/mol. The molecule has 2 saturated heterocycles. The van der Waals surface area contributed by atoms with E-state index in [9.17, 15) is 18.0 Å². The van der Waals surface area contributed by atoms with Crippen molar-refractivity contribution in [2.24, 2.45) is 0 Å². The fourth-order valence-electron chi connectivity index (χ4n) is 4.46. The van der Waals surface area contributed by atoms with Crippen molar-refractivity contribution in [1.29, 1.82) is 0 Å². The van der Waals surface area contributed by atoms with Gasteiger partial charge in [0.1, 0.15) is 10.7 Å². The minimum atomic E-state index is -3.66. The average molecular weight is 490 g/mol. The smallest absolute Gasteiger partial charge is 0.287 e. The van der Waals surface area contributed by atoms with Crippen LogP contribution in [0.4, 0.5) is 0 Å². The van der Waals surface area contributed by atoms with Gasteiger partial charge in [-0.15, -0.1) is 0 Å². The lowest BCUT2D eigenvalue weighted by atomic mass is 10.1. The number of carbonyl (C=O) groups excluding carboxylic acids is 2. The Labute approximate surface area is 200 Å². The maximum absolute atomic E-state index is 12.8. The summed E-state index contributed by atoms with van der Waals surface area (Å²) in [6.45, 7) is 7.74. The fraction of sp³-hybridized carbons (Fsp3) is 0.500. The van der Waals surface area contributed by atoms with E-state index in [0.717, 1.165) is 18.4 Å². The van der Waals surface area contributed by atoms with Gasteiger partial charge in [-0.2, -0.15) is 4.31 Å². The molecule has 2 aliphatic rings. The molecule has 0 aliphatic carbocycles. The minimum Gasteiger partial charge on any atom is -0.455 e. The maximum Gasteiger partial charge on any atom is 0.287 e. The SMILES string of the molecule is Cc1oc(C(=O)NCc2ccc(C(=O)N3CC(C)OC(C)C3)cc2)cc1S(=O)(=O)N1CCCC1. The lowest BCUT2D eigenvalue weighted by Crippen LogP contribution is -2.48. The van der Waals surface area contributed by atoms with Crippen molar-refractivity contribution in [1.82, 2.24) is 14.5 Å². The molecule has 9 nitrogen and oxygen atoms in total. The molecule has 0 spiro atoms. The number of benzene rings is 1. The quantitative estimate of drug-likeness (QED) is 0.668. The van der Waals surface area contributed by atoms with Gasteiger partial charge in [0.25, 0.3) is 11.8 Å². The van der Waals surface area contributed by atoms with Gasteiger partial charge in [0.15, 0.2) is 5.76 Å². The van der Waals surface area contributed by atoms with Crippen LogP contribution in [0.2, 0.25) is 0 Å². The number of rotatable bonds is 6. The van der Waals surface area contributed by atoms with Crippen molar-refractivity contribution in [3.8, 4) is 0 Å². The van der Waals surface area contributed by atoms with Crippen molar-refractivity contribution in [2.75, 3.05) is 26.2 Å². The number of hydrogen-bond acceptors (Lipinski definition) is 6. The zero-order valence-corrected chi connectivity index (χ0v) is 20.6.